The molecule has 2 atom stereocenters. The zero-order chi connectivity index (χ0) is 12.6. The van der Waals surface area contributed by atoms with Gasteiger partial charge in [-0.15, -0.1) is 0 Å². The fourth-order valence-corrected chi connectivity index (χ4v) is 2.95. The lowest BCUT2D eigenvalue weighted by Gasteiger charge is -2.22. The summed E-state index contributed by atoms with van der Waals surface area (Å²) in [6, 6.07) is 2.60. The number of halogens is 1. The number of rotatable bonds is 2. The molecular formula is C12H19BrN4. The molecule has 2 unspecified atom stereocenters. The van der Waals surface area contributed by atoms with E-state index in [-0.39, 0.29) is 0 Å². The van der Waals surface area contributed by atoms with E-state index in [9.17, 15) is 0 Å². The Labute approximate surface area is 111 Å². The molecule has 2 heterocycles. The summed E-state index contributed by atoms with van der Waals surface area (Å²) in [5.41, 5.74) is 0. The topological polar surface area (TPSA) is 32.3 Å². The zero-order valence-electron chi connectivity index (χ0n) is 10.8. The first-order valence-corrected chi connectivity index (χ1v) is 6.69. The molecule has 1 aliphatic rings. The molecule has 2 rings (SSSR count). The number of hydrogen-bond donors (Lipinski definition) is 0. The second-order valence-corrected chi connectivity index (χ2v) is 5.82. The van der Waals surface area contributed by atoms with Gasteiger partial charge < -0.3 is 9.80 Å². The Morgan fingerprint density at radius 3 is 2.59 bits per heavy atom. The highest BCUT2D eigenvalue weighted by Gasteiger charge is 2.31. The van der Waals surface area contributed by atoms with Crippen LogP contribution in [-0.2, 0) is 0 Å². The molecule has 0 bridgehead atoms. The Bertz CT molecular complexity index is 387. The molecule has 0 saturated carbocycles. The van der Waals surface area contributed by atoms with Gasteiger partial charge in [0.15, 0.2) is 0 Å². The van der Waals surface area contributed by atoms with Gasteiger partial charge in [-0.25, -0.2) is 9.97 Å². The number of aryl methyl sites for hydroxylation is 1. The Morgan fingerprint density at radius 1 is 1.35 bits per heavy atom. The molecule has 0 radical (unpaired) electrons. The van der Waals surface area contributed by atoms with Gasteiger partial charge in [-0.2, -0.15) is 0 Å². The van der Waals surface area contributed by atoms with E-state index in [1.807, 2.05) is 13.0 Å². The highest BCUT2D eigenvalue weighted by Crippen LogP contribution is 2.26. The molecular weight excluding hydrogens is 280 g/mol. The monoisotopic (exact) mass is 298 g/mol. The average Bonchev–Trinajstić information content (AvgIpc) is 2.59. The summed E-state index contributed by atoms with van der Waals surface area (Å²) >= 11 is 3.43. The maximum atomic E-state index is 4.51. The Morgan fingerprint density at radius 2 is 2.06 bits per heavy atom. The first-order chi connectivity index (χ1) is 7.97. The van der Waals surface area contributed by atoms with Gasteiger partial charge in [0.05, 0.1) is 0 Å². The van der Waals surface area contributed by atoms with E-state index in [2.05, 4.69) is 56.7 Å². The van der Waals surface area contributed by atoms with Crippen molar-refractivity contribution < 1.29 is 0 Å². The van der Waals surface area contributed by atoms with E-state index < -0.39 is 0 Å². The van der Waals surface area contributed by atoms with Crippen molar-refractivity contribution in [3.05, 3.63) is 16.5 Å². The molecule has 0 aromatic carbocycles. The largest absolute Gasteiger partial charge is 0.355 e. The van der Waals surface area contributed by atoms with Crippen LogP contribution >= 0.6 is 15.9 Å². The fraction of sp³-hybridized carbons (Fsp3) is 0.667. The Hall–Kier alpha value is -0.680. The molecule has 0 N–H and O–H groups in total. The molecule has 1 saturated heterocycles. The van der Waals surface area contributed by atoms with Crippen molar-refractivity contribution >= 4 is 21.7 Å². The molecule has 1 aromatic heterocycles. The molecule has 0 amide bonds. The quantitative estimate of drug-likeness (QED) is 0.781. The van der Waals surface area contributed by atoms with Gasteiger partial charge in [0, 0.05) is 25.2 Å². The van der Waals surface area contributed by atoms with Crippen LogP contribution in [-0.4, -0.2) is 48.1 Å². The Kier molecular flexibility index (Phi) is 3.68. The summed E-state index contributed by atoms with van der Waals surface area (Å²) in [6.07, 6.45) is 0. The van der Waals surface area contributed by atoms with Crippen molar-refractivity contribution in [3.63, 3.8) is 0 Å². The van der Waals surface area contributed by atoms with E-state index in [1.165, 1.54) is 0 Å². The number of anilines is 1. The number of hydrogen-bond acceptors (Lipinski definition) is 4. The van der Waals surface area contributed by atoms with Crippen LogP contribution in [0.5, 0.6) is 0 Å². The number of aromatic nitrogens is 2. The molecule has 94 valence electrons. The van der Waals surface area contributed by atoms with Crippen LogP contribution in [0.3, 0.4) is 0 Å². The van der Waals surface area contributed by atoms with Crippen LogP contribution in [0, 0.1) is 12.8 Å². The van der Waals surface area contributed by atoms with Gasteiger partial charge in [0.1, 0.15) is 16.2 Å². The fourth-order valence-electron chi connectivity index (χ4n) is 2.49. The normalized spacial score (nSPS) is 24.7. The van der Waals surface area contributed by atoms with Gasteiger partial charge in [0.25, 0.3) is 0 Å². The maximum Gasteiger partial charge on any atom is 0.133 e. The minimum absolute atomic E-state index is 0.601. The predicted octanol–water partition coefficient (Wildman–Crippen LogP) is 1.93. The smallest absolute Gasteiger partial charge is 0.133 e. The molecule has 17 heavy (non-hydrogen) atoms. The van der Waals surface area contributed by atoms with Gasteiger partial charge in [-0.3, -0.25) is 0 Å². The Balaban J connectivity index is 2.19. The van der Waals surface area contributed by atoms with E-state index in [0.717, 1.165) is 29.3 Å². The molecule has 0 aliphatic carbocycles. The molecule has 1 fully saturated rings. The zero-order valence-corrected chi connectivity index (χ0v) is 12.4. The summed E-state index contributed by atoms with van der Waals surface area (Å²) in [6.45, 7) is 6.33. The van der Waals surface area contributed by atoms with Crippen molar-refractivity contribution in [1.29, 1.82) is 0 Å². The van der Waals surface area contributed by atoms with Crippen molar-refractivity contribution in [3.8, 4) is 0 Å². The first-order valence-electron chi connectivity index (χ1n) is 5.90. The maximum absolute atomic E-state index is 4.51. The third-order valence-corrected chi connectivity index (χ3v) is 3.76. The van der Waals surface area contributed by atoms with E-state index in [0.29, 0.717) is 12.0 Å². The first kappa shape index (κ1) is 12.8. The molecule has 5 heteroatoms. The highest BCUT2D eigenvalue weighted by atomic mass is 79.9. The standard InChI is InChI=1S/C12H19BrN4/c1-8-6-17(7-10(8)16(3)4)12-5-11(13)14-9(2)15-12/h5,8,10H,6-7H2,1-4H3. The highest BCUT2D eigenvalue weighted by molar-refractivity contribution is 9.10. The van der Waals surface area contributed by atoms with Gasteiger partial charge in [-0.1, -0.05) is 6.92 Å². The minimum Gasteiger partial charge on any atom is -0.355 e. The summed E-state index contributed by atoms with van der Waals surface area (Å²) in [7, 11) is 4.29. The summed E-state index contributed by atoms with van der Waals surface area (Å²) in [5.74, 6) is 2.51. The van der Waals surface area contributed by atoms with Crippen LogP contribution in [0.4, 0.5) is 5.82 Å². The number of likely N-dealkylation sites (N-methyl/N-ethyl adjacent to an activating group) is 1. The van der Waals surface area contributed by atoms with Crippen LogP contribution in [0.1, 0.15) is 12.7 Å². The predicted molar refractivity (Wildman–Crippen MR) is 73.3 cm³/mol. The van der Waals surface area contributed by atoms with Gasteiger partial charge in [0.2, 0.25) is 0 Å². The third-order valence-electron chi connectivity index (χ3n) is 3.35. The molecule has 4 nitrogen and oxygen atoms in total. The van der Waals surface area contributed by atoms with Crippen molar-refractivity contribution in [2.24, 2.45) is 5.92 Å². The lowest BCUT2D eigenvalue weighted by Crippen LogP contribution is -2.34. The SMILES string of the molecule is Cc1nc(Br)cc(N2CC(C)C(N(C)C)C2)n1. The average molecular weight is 299 g/mol. The second kappa shape index (κ2) is 4.90. The summed E-state index contributed by atoms with van der Waals surface area (Å²) in [4.78, 5) is 13.4. The molecule has 1 aliphatic heterocycles. The van der Waals surface area contributed by atoms with Crippen LogP contribution in [0.15, 0.2) is 10.7 Å². The van der Waals surface area contributed by atoms with Crippen molar-refractivity contribution in [1.82, 2.24) is 14.9 Å². The van der Waals surface area contributed by atoms with E-state index in [1.54, 1.807) is 0 Å². The van der Waals surface area contributed by atoms with Crippen LogP contribution in [0.25, 0.3) is 0 Å². The van der Waals surface area contributed by atoms with Gasteiger partial charge in [-0.05, 0) is 42.9 Å². The summed E-state index contributed by atoms with van der Waals surface area (Å²) < 4.78 is 0.862. The van der Waals surface area contributed by atoms with Crippen LogP contribution in [0.2, 0.25) is 0 Å². The van der Waals surface area contributed by atoms with Gasteiger partial charge >= 0.3 is 0 Å². The summed E-state index contributed by atoms with van der Waals surface area (Å²) in [5, 5.41) is 0. The van der Waals surface area contributed by atoms with E-state index in [4.69, 9.17) is 0 Å². The third kappa shape index (κ3) is 2.77. The second-order valence-electron chi connectivity index (χ2n) is 5.01. The van der Waals surface area contributed by atoms with Crippen molar-refractivity contribution in [2.75, 3.05) is 32.1 Å². The lowest BCUT2D eigenvalue weighted by molar-refractivity contribution is 0.266. The van der Waals surface area contributed by atoms with E-state index >= 15 is 0 Å². The minimum atomic E-state index is 0.601. The van der Waals surface area contributed by atoms with Crippen molar-refractivity contribution in [2.45, 2.75) is 19.9 Å². The van der Waals surface area contributed by atoms with Crippen LogP contribution < -0.4 is 4.90 Å². The molecule has 1 aromatic rings. The number of nitrogens with zero attached hydrogens (tertiary/aromatic N) is 4. The molecule has 0 spiro atoms. The lowest BCUT2D eigenvalue weighted by atomic mass is 10.1.